The molecule has 0 amide bonds. The first-order valence-electron chi connectivity index (χ1n) is 5.16. The van der Waals surface area contributed by atoms with E-state index in [-0.39, 0.29) is 19.5 Å². The van der Waals surface area contributed by atoms with Crippen LogP contribution in [0.4, 0.5) is 0 Å². The van der Waals surface area contributed by atoms with Crippen molar-refractivity contribution in [2.45, 2.75) is 17.5 Å². The van der Waals surface area contributed by atoms with Gasteiger partial charge in [-0.3, -0.25) is 25.0 Å². The molecule has 1 aliphatic carbocycles. The van der Waals surface area contributed by atoms with Gasteiger partial charge in [-0.15, -0.1) is 0 Å². The Hall–Kier alpha value is -1.83. The smallest absolute Gasteiger partial charge is 0.325 e. The molecule has 0 aromatic rings. The van der Waals surface area contributed by atoms with Crippen molar-refractivity contribution in [3.63, 3.8) is 0 Å². The molecule has 2 rings (SSSR count). The van der Waals surface area contributed by atoms with E-state index in [1.807, 2.05) is 0 Å². The van der Waals surface area contributed by atoms with Crippen molar-refractivity contribution in [3.8, 4) is 0 Å². The molecule has 2 bridgehead atoms. The SMILES string of the molecule is C[NH+]1CC2([N+](=O)[O-])C=CC(=O)C([N+](=O)[O-])(C1)C2. The molecule has 0 radical (unpaired) electrons. The third-order valence-electron chi connectivity index (χ3n) is 3.52. The number of nitrogens with one attached hydrogen (secondary N) is 1. The zero-order chi connectivity index (χ0) is 12.8. The number of ketones is 1. The quantitative estimate of drug-likeness (QED) is 0.448. The maximum absolute atomic E-state index is 11.7. The molecule has 0 saturated carbocycles. The standard InChI is InChI=1S/C9H11N3O5/c1-10-5-8(11(14)15)3-2-7(13)9(4-8,6-10)12(16)17/h2-3H,4-6H2,1H3/p+1. The lowest BCUT2D eigenvalue weighted by Crippen LogP contribution is -3.16. The number of quaternary nitrogens is 1. The van der Waals surface area contributed by atoms with Gasteiger partial charge in [0, 0.05) is 15.9 Å². The van der Waals surface area contributed by atoms with Gasteiger partial charge in [0.2, 0.25) is 5.78 Å². The van der Waals surface area contributed by atoms with Crippen LogP contribution in [0, 0.1) is 20.2 Å². The molecule has 1 N–H and O–H groups in total. The number of likely N-dealkylation sites (N-methyl/N-ethyl adjacent to an activating group) is 1. The van der Waals surface area contributed by atoms with Crippen molar-refractivity contribution in [2.24, 2.45) is 0 Å². The summed E-state index contributed by atoms with van der Waals surface area (Å²) in [5.41, 5.74) is -3.31. The van der Waals surface area contributed by atoms with E-state index in [1.54, 1.807) is 7.05 Å². The van der Waals surface area contributed by atoms with Crippen LogP contribution >= 0.6 is 0 Å². The predicted molar refractivity (Wildman–Crippen MR) is 54.8 cm³/mol. The molecule has 2 aliphatic rings. The van der Waals surface area contributed by atoms with E-state index in [2.05, 4.69) is 0 Å². The van der Waals surface area contributed by atoms with Crippen molar-refractivity contribution >= 4 is 5.78 Å². The number of carbonyl (C=O) groups is 1. The highest BCUT2D eigenvalue weighted by molar-refractivity contribution is 5.98. The fourth-order valence-electron chi connectivity index (χ4n) is 2.80. The lowest BCUT2D eigenvalue weighted by atomic mass is 9.71. The van der Waals surface area contributed by atoms with Crippen LogP contribution < -0.4 is 4.90 Å². The van der Waals surface area contributed by atoms with Gasteiger partial charge in [-0.2, -0.15) is 0 Å². The highest BCUT2D eigenvalue weighted by Crippen LogP contribution is 2.33. The van der Waals surface area contributed by atoms with Gasteiger partial charge in [-0.1, -0.05) is 0 Å². The van der Waals surface area contributed by atoms with Crippen LogP contribution in [0.15, 0.2) is 12.2 Å². The molecule has 8 nitrogen and oxygen atoms in total. The Morgan fingerprint density at radius 1 is 1.29 bits per heavy atom. The number of carbonyl (C=O) groups excluding carboxylic acids is 1. The Morgan fingerprint density at radius 2 is 1.94 bits per heavy atom. The minimum atomic E-state index is -1.83. The van der Waals surface area contributed by atoms with Gasteiger partial charge >= 0.3 is 5.54 Å². The number of hydrogen-bond acceptors (Lipinski definition) is 5. The van der Waals surface area contributed by atoms with Crippen molar-refractivity contribution < 1.29 is 19.5 Å². The summed E-state index contributed by atoms with van der Waals surface area (Å²) in [5.74, 6) is -0.640. The van der Waals surface area contributed by atoms with Crippen LogP contribution in [0.2, 0.25) is 0 Å². The normalized spacial score (nSPS) is 40.1. The molecule has 3 atom stereocenters. The summed E-state index contributed by atoms with van der Waals surface area (Å²) in [6, 6.07) is 0. The Morgan fingerprint density at radius 3 is 2.47 bits per heavy atom. The second-order valence-electron chi connectivity index (χ2n) is 4.83. The summed E-state index contributed by atoms with van der Waals surface area (Å²) in [5, 5.41) is 22.2. The predicted octanol–water partition coefficient (Wildman–Crippen LogP) is -1.93. The maximum Gasteiger partial charge on any atom is 0.337 e. The highest BCUT2D eigenvalue weighted by atomic mass is 16.6. The lowest BCUT2D eigenvalue weighted by Gasteiger charge is -2.38. The minimum absolute atomic E-state index is 0.00123. The Bertz CT molecular complexity index is 448. The van der Waals surface area contributed by atoms with E-state index in [0.29, 0.717) is 4.90 Å². The summed E-state index contributed by atoms with van der Waals surface area (Å²) in [7, 11) is 1.63. The molecule has 0 spiro atoms. The van der Waals surface area contributed by atoms with Gasteiger partial charge in [0.05, 0.1) is 7.05 Å². The number of fused-ring (bicyclic) bond motifs is 2. The van der Waals surface area contributed by atoms with Crippen LogP contribution in [-0.4, -0.2) is 46.8 Å². The third kappa shape index (κ3) is 1.44. The zero-order valence-electron chi connectivity index (χ0n) is 9.21. The fourth-order valence-corrected chi connectivity index (χ4v) is 2.80. The molecule has 0 aromatic heterocycles. The topological polar surface area (TPSA) is 108 Å². The van der Waals surface area contributed by atoms with Crippen molar-refractivity contribution in [2.75, 3.05) is 20.1 Å². The van der Waals surface area contributed by atoms with Crippen molar-refractivity contribution in [1.82, 2.24) is 0 Å². The van der Waals surface area contributed by atoms with E-state index in [0.717, 1.165) is 6.08 Å². The van der Waals surface area contributed by atoms with Crippen LogP contribution in [0.25, 0.3) is 0 Å². The molecule has 1 fully saturated rings. The Kier molecular flexibility index (Phi) is 2.28. The summed E-state index contributed by atoms with van der Waals surface area (Å²) >= 11 is 0. The molecule has 17 heavy (non-hydrogen) atoms. The van der Waals surface area contributed by atoms with Crippen LogP contribution in [0.5, 0.6) is 0 Å². The van der Waals surface area contributed by atoms with Crippen molar-refractivity contribution in [1.29, 1.82) is 0 Å². The summed E-state index contributed by atoms with van der Waals surface area (Å²) < 4.78 is 0. The minimum Gasteiger partial charge on any atom is -0.325 e. The summed E-state index contributed by atoms with van der Waals surface area (Å²) in [6.07, 6.45) is 1.87. The van der Waals surface area contributed by atoms with Gasteiger partial charge in [-0.25, -0.2) is 0 Å². The molecular weight excluding hydrogens is 230 g/mol. The molecule has 1 aliphatic heterocycles. The highest BCUT2D eigenvalue weighted by Gasteiger charge is 2.68. The monoisotopic (exact) mass is 242 g/mol. The Labute approximate surface area is 96.2 Å². The van der Waals surface area contributed by atoms with Gasteiger partial charge in [0.25, 0.3) is 5.54 Å². The first kappa shape index (κ1) is 11.6. The summed E-state index contributed by atoms with van der Waals surface area (Å²) in [4.78, 5) is 33.4. The van der Waals surface area contributed by atoms with Crippen molar-refractivity contribution in [3.05, 3.63) is 32.4 Å². The van der Waals surface area contributed by atoms with E-state index in [9.17, 15) is 25.0 Å². The molecule has 1 saturated heterocycles. The fraction of sp³-hybridized carbons (Fsp3) is 0.667. The van der Waals surface area contributed by atoms with Crippen LogP contribution in [0.3, 0.4) is 0 Å². The lowest BCUT2D eigenvalue weighted by molar-refractivity contribution is -0.923. The van der Waals surface area contributed by atoms with Gasteiger partial charge in [-0.05, 0) is 6.08 Å². The van der Waals surface area contributed by atoms with E-state index < -0.39 is 26.7 Å². The van der Waals surface area contributed by atoms with Crippen LogP contribution in [0.1, 0.15) is 6.42 Å². The largest absolute Gasteiger partial charge is 0.337 e. The van der Waals surface area contributed by atoms with E-state index >= 15 is 0 Å². The molecule has 8 heteroatoms. The van der Waals surface area contributed by atoms with Gasteiger partial charge in [0.15, 0.2) is 13.1 Å². The molecule has 1 heterocycles. The molecule has 92 valence electrons. The second kappa shape index (κ2) is 3.33. The van der Waals surface area contributed by atoms with Crippen LogP contribution in [-0.2, 0) is 4.79 Å². The first-order chi connectivity index (χ1) is 7.82. The van der Waals surface area contributed by atoms with Gasteiger partial charge < -0.3 is 4.90 Å². The summed E-state index contributed by atoms with van der Waals surface area (Å²) in [6.45, 7) is 0.165. The number of rotatable bonds is 2. The number of piperidine rings is 1. The maximum atomic E-state index is 11.7. The average Bonchev–Trinajstić information content (AvgIpc) is 2.23. The second-order valence-corrected chi connectivity index (χ2v) is 4.83. The van der Waals surface area contributed by atoms with E-state index in [4.69, 9.17) is 0 Å². The molecule has 0 aromatic carbocycles. The first-order valence-corrected chi connectivity index (χ1v) is 5.16. The number of nitrogens with zero attached hydrogens (tertiary/aromatic N) is 2. The molecular formula is C9H12N3O5+. The third-order valence-corrected chi connectivity index (χ3v) is 3.52. The molecule has 3 unspecified atom stereocenters. The number of nitro groups is 2. The number of likely N-dealkylation sites (tertiary alicyclic amines) is 1. The van der Waals surface area contributed by atoms with E-state index in [1.165, 1.54) is 6.08 Å². The van der Waals surface area contributed by atoms with Gasteiger partial charge in [0.1, 0.15) is 6.42 Å². The zero-order valence-corrected chi connectivity index (χ0v) is 9.21. The number of hydrogen-bond donors (Lipinski definition) is 1. The average molecular weight is 242 g/mol. The Balaban J connectivity index is 2.56.